The minimum Gasteiger partial charge on any atom is -0.330 e. The normalized spacial score (nSPS) is 13.4. The third-order valence-electron chi connectivity index (χ3n) is 3.48. The van der Waals surface area contributed by atoms with E-state index < -0.39 is 0 Å². The number of halogens is 1. The number of imidazole rings is 1. The molecule has 104 valence electrons. The second-order valence-corrected chi connectivity index (χ2v) is 5.84. The molecule has 0 aliphatic heterocycles. The molecule has 3 nitrogen and oxygen atoms in total. The first-order chi connectivity index (χ1) is 9.04. The molecule has 0 fully saturated rings. The summed E-state index contributed by atoms with van der Waals surface area (Å²) in [5.41, 5.74) is 7.75. The quantitative estimate of drug-likeness (QED) is 0.895. The predicted octanol–water partition coefficient (Wildman–Crippen LogP) is 4.11. The van der Waals surface area contributed by atoms with Gasteiger partial charge < -0.3 is 10.3 Å². The van der Waals surface area contributed by atoms with Crippen molar-refractivity contribution in [3.05, 3.63) is 29.0 Å². The van der Waals surface area contributed by atoms with Gasteiger partial charge in [0.15, 0.2) is 0 Å². The minimum absolute atomic E-state index is 0.374. The maximum atomic E-state index is 6.11. The van der Waals surface area contributed by atoms with Crippen LogP contribution in [-0.4, -0.2) is 16.1 Å². The van der Waals surface area contributed by atoms with Crippen LogP contribution < -0.4 is 5.73 Å². The summed E-state index contributed by atoms with van der Waals surface area (Å²) in [6.07, 6.45) is 2.10. The van der Waals surface area contributed by atoms with E-state index >= 15 is 0 Å². The molecular weight excluding hydrogens is 258 g/mol. The zero-order valence-electron chi connectivity index (χ0n) is 11.9. The Hall–Kier alpha value is -1.06. The molecule has 0 amide bonds. The van der Waals surface area contributed by atoms with Gasteiger partial charge in [0.1, 0.15) is 5.82 Å². The lowest BCUT2D eigenvalue weighted by Gasteiger charge is -2.17. The van der Waals surface area contributed by atoms with Crippen LogP contribution in [0.1, 0.15) is 51.4 Å². The highest BCUT2D eigenvalue weighted by atomic mass is 35.5. The van der Waals surface area contributed by atoms with E-state index in [1.165, 1.54) is 0 Å². The molecule has 2 rings (SSSR count). The topological polar surface area (TPSA) is 43.8 Å². The second-order valence-electron chi connectivity index (χ2n) is 5.40. The Morgan fingerprint density at radius 1 is 1.32 bits per heavy atom. The standard InChI is InChI=1S/C15H22ClN3/c1-10(2)19-14-9-12(16)6-7-13(14)18-15(19)11(3)5-4-8-17/h6-7,9-11H,4-5,8,17H2,1-3H3. The molecule has 1 heterocycles. The van der Waals surface area contributed by atoms with Crippen molar-refractivity contribution in [2.45, 2.75) is 45.6 Å². The van der Waals surface area contributed by atoms with Gasteiger partial charge in [0.2, 0.25) is 0 Å². The lowest BCUT2D eigenvalue weighted by molar-refractivity contribution is 0.526. The fourth-order valence-corrected chi connectivity index (χ4v) is 2.69. The first-order valence-electron chi connectivity index (χ1n) is 6.92. The first-order valence-corrected chi connectivity index (χ1v) is 7.29. The molecule has 1 atom stereocenters. The van der Waals surface area contributed by atoms with Crippen molar-refractivity contribution in [2.75, 3.05) is 6.54 Å². The summed E-state index contributed by atoms with van der Waals surface area (Å²) in [6.45, 7) is 7.32. The van der Waals surface area contributed by atoms with Crippen molar-refractivity contribution < 1.29 is 0 Å². The molecule has 2 N–H and O–H groups in total. The summed E-state index contributed by atoms with van der Waals surface area (Å²) in [4.78, 5) is 4.79. The van der Waals surface area contributed by atoms with Crippen molar-refractivity contribution in [1.82, 2.24) is 9.55 Å². The van der Waals surface area contributed by atoms with Crippen LogP contribution in [0.2, 0.25) is 5.02 Å². The highest BCUT2D eigenvalue weighted by Gasteiger charge is 2.18. The average Bonchev–Trinajstić information content (AvgIpc) is 2.74. The molecule has 19 heavy (non-hydrogen) atoms. The van der Waals surface area contributed by atoms with Gasteiger partial charge in [-0.3, -0.25) is 0 Å². The third-order valence-corrected chi connectivity index (χ3v) is 3.71. The molecule has 1 aromatic carbocycles. The van der Waals surface area contributed by atoms with E-state index in [1.807, 2.05) is 18.2 Å². The maximum Gasteiger partial charge on any atom is 0.112 e. The highest BCUT2D eigenvalue weighted by molar-refractivity contribution is 6.31. The van der Waals surface area contributed by atoms with Crippen LogP contribution in [0.5, 0.6) is 0 Å². The SMILES string of the molecule is CC(CCCN)c1nc2ccc(Cl)cc2n1C(C)C. The number of nitrogens with two attached hydrogens (primary N) is 1. The van der Waals surface area contributed by atoms with E-state index in [2.05, 4.69) is 25.3 Å². The summed E-state index contributed by atoms with van der Waals surface area (Å²) in [5, 5.41) is 0.760. The first kappa shape index (κ1) is 14.4. The number of hydrogen-bond donors (Lipinski definition) is 1. The number of rotatable bonds is 5. The molecular formula is C15H22ClN3. The smallest absolute Gasteiger partial charge is 0.112 e. The zero-order chi connectivity index (χ0) is 14.0. The molecule has 0 aliphatic rings. The van der Waals surface area contributed by atoms with Crippen LogP contribution in [0.4, 0.5) is 0 Å². The molecule has 0 bridgehead atoms. The summed E-state index contributed by atoms with van der Waals surface area (Å²) in [5.74, 6) is 1.55. The van der Waals surface area contributed by atoms with E-state index in [1.54, 1.807) is 0 Å². The van der Waals surface area contributed by atoms with E-state index in [-0.39, 0.29) is 0 Å². The average molecular weight is 280 g/mol. The summed E-state index contributed by atoms with van der Waals surface area (Å²) >= 11 is 6.11. The molecule has 0 spiro atoms. The molecule has 2 aromatic rings. The fraction of sp³-hybridized carbons (Fsp3) is 0.533. The van der Waals surface area contributed by atoms with Gasteiger partial charge in [-0.05, 0) is 51.4 Å². The van der Waals surface area contributed by atoms with Gasteiger partial charge in [-0.2, -0.15) is 0 Å². The molecule has 0 saturated carbocycles. The Labute approximate surface area is 119 Å². The lowest BCUT2D eigenvalue weighted by atomic mass is 10.0. The van der Waals surface area contributed by atoms with E-state index in [0.717, 1.165) is 41.3 Å². The molecule has 1 aromatic heterocycles. The molecule has 1 unspecified atom stereocenters. The van der Waals surface area contributed by atoms with E-state index in [9.17, 15) is 0 Å². The fourth-order valence-electron chi connectivity index (χ4n) is 2.53. The third kappa shape index (κ3) is 2.93. The Morgan fingerprint density at radius 3 is 2.68 bits per heavy atom. The lowest BCUT2D eigenvalue weighted by Crippen LogP contribution is -2.10. The van der Waals surface area contributed by atoms with Crippen molar-refractivity contribution in [1.29, 1.82) is 0 Å². The van der Waals surface area contributed by atoms with Crippen LogP contribution in [0.25, 0.3) is 11.0 Å². The van der Waals surface area contributed by atoms with Crippen molar-refractivity contribution in [2.24, 2.45) is 5.73 Å². The van der Waals surface area contributed by atoms with Crippen molar-refractivity contribution in [3.8, 4) is 0 Å². The van der Waals surface area contributed by atoms with Crippen molar-refractivity contribution in [3.63, 3.8) is 0 Å². The summed E-state index contributed by atoms with van der Waals surface area (Å²) < 4.78 is 2.29. The van der Waals surface area contributed by atoms with Gasteiger partial charge in [0, 0.05) is 17.0 Å². The Balaban J connectivity index is 2.50. The molecule has 0 aliphatic carbocycles. The van der Waals surface area contributed by atoms with Gasteiger partial charge in [-0.15, -0.1) is 0 Å². The van der Waals surface area contributed by atoms with Crippen LogP contribution in [0.15, 0.2) is 18.2 Å². The van der Waals surface area contributed by atoms with E-state index in [0.29, 0.717) is 12.0 Å². The molecule has 4 heteroatoms. The minimum atomic E-state index is 0.374. The van der Waals surface area contributed by atoms with Gasteiger partial charge >= 0.3 is 0 Å². The number of aromatic nitrogens is 2. The summed E-state index contributed by atoms with van der Waals surface area (Å²) in [7, 11) is 0. The largest absolute Gasteiger partial charge is 0.330 e. The zero-order valence-corrected chi connectivity index (χ0v) is 12.6. The number of nitrogens with zero attached hydrogens (tertiary/aromatic N) is 2. The molecule has 0 saturated heterocycles. The van der Waals surface area contributed by atoms with Crippen molar-refractivity contribution >= 4 is 22.6 Å². The second kappa shape index (κ2) is 5.93. The van der Waals surface area contributed by atoms with Crippen LogP contribution >= 0.6 is 11.6 Å². The maximum absolute atomic E-state index is 6.11. The number of hydrogen-bond acceptors (Lipinski definition) is 2. The predicted molar refractivity (Wildman–Crippen MR) is 81.8 cm³/mol. The Morgan fingerprint density at radius 2 is 2.05 bits per heavy atom. The van der Waals surface area contributed by atoms with Crippen LogP contribution in [0.3, 0.4) is 0 Å². The van der Waals surface area contributed by atoms with Gasteiger partial charge in [-0.1, -0.05) is 18.5 Å². The van der Waals surface area contributed by atoms with Crippen LogP contribution in [0, 0.1) is 0 Å². The highest BCUT2D eigenvalue weighted by Crippen LogP contribution is 2.29. The van der Waals surface area contributed by atoms with E-state index in [4.69, 9.17) is 22.3 Å². The number of benzene rings is 1. The Kier molecular flexibility index (Phi) is 4.48. The van der Waals surface area contributed by atoms with Gasteiger partial charge in [0.05, 0.1) is 11.0 Å². The Bertz CT molecular complexity index is 560. The molecule has 0 radical (unpaired) electrons. The summed E-state index contributed by atoms with van der Waals surface area (Å²) in [6, 6.07) is 6.27. The van der Waals surface area contributed by atoms with Crippen LogP contribution in [-0.2, 0) is 0 Å². The van der Waals surface area contributed by atoms with Gasteiger partial charge in [0.25, 0.3) is 0 Å². The monoisotopic (exact) mass is 279 g/mol. The number of fused-ring (bicyclic) bond motifs is 1. The van der Waals surface area contributed by atoms with Gasteiger partial charge in [-0.25, -0.2) is 4.98 Å².